The van der Waals surface area contributed by atoms with Crippen LogP contribution in [0, 0.1) is 5.41 Å². The Labute approximate surface area is 270 Å². The van der Waals surface area contributed by atoms with Crippen LogP contribution in [0.3, 0.4) is 0 Å². The second kappa shape index (κ2) is 12.9. The summed E-state index contributed by atoms with van der Waals surface area (Å²) in [5.74, 6) is 0.0820. The minimum Gasteiger partial charge on any atom is -0.349 e. The fourth-order valence-electron chi connectivity index (χ4n) is 7.91. The molecule has 0 saturated carbocycles. The fraction of sp³-hybridized carbons (Fsp3) is 0.538. The lowest BCUT2D eigenvalue weighted by molar-refractivity contribution is -0.152. The molecule has 1 aliphatic heterocycles. The van der Waals surface area contributed by atoms with Crippen molar-refractivity contribution >= 4 is 44.1 Å². The first kappa shape index (κ1) is 33.2. The SMILES string of the molecule is CN(C)CCCN(C(=O)CCc1ccc2ccc3cccc4ccc1c2c34)C1(C(=O)NC(C)(C)CC(C)(C)C)CCN(C)CC1. The summed E-state index contributed by atoms with van der Waals surface area (Å²) < 4.78 is 0. The van der Waals surface area contributed by atoms with Crippen LogP contribution in [0.4, 0.5) is 0 Å². The van der Waals surface area contributed by atoms with E-state index in [4.69, 9.17) is 0 Å². The molecule has 6 heteroatoms. The Bertz CT molecular complexity index is 1630. The number of nitrogens with zero attached hydrogens (tertiary/aromatic N) is 3. The van der Waals surface area contributed by atoms with Crippen LogP contribution in [0.5, 0.6) is 0 Å². The first-order chi connectivity index (χ1) is 21.2. The second-order valence-corrected chi connectivity index (χ2v) is 15.7. The quantitative estimate of drug-likeness (QED) is 0.184. The first-order valence-electron chi connectivity index (χ1n) is 16.8. The van der Waals surface area contributed by atoms with E-state index >= 15 is 0 Å². The van der Waals surface area contributed by atoms with Gasteiger partial charge in [0, 0.05) is 31.6 Å². The maximum atomic E-state index is 14.5. The molecule has 0 atom stereocenters. The van der Waals surface area contributed by atoms with E-state index < -0.39 is 5.54 Å². The standard InChI is InChI=1S/C39H54N4O2/c1-37(2,3)27-38(4,5)40-36(45)39(21-25-42(8)26-22-39)43(24-10-23-41(6)7)33(44)20-18-28-13-14-31-16-15-29-11-9-12-30-17-19-32(28)35(31)34(29)30/h9,11-17,19H,10,18,20-27H2,1-8H3,(H,40,45). The summed E-state index contributed by atoms with van der Waals surface area (Å²) in [4.78, 5) is 35.4. The summed E-state index contributed by atoms with van der Waals surface area (Å²) in [6, 6.07) is 19.7. The van der Waals surface area contributed by atoms with Gasteiger partial charge < -0.3 is 20.0 Å². The van der Waals surface area contributed by atoms with E-state index in [1.165, 1.54) is 37.9 Å². The van der Waals surface area contributed by atoms with E-state index in [0.29, 0.717) is 32.2 Å². The molecule has 0 spiro atoms. The number of likely N-dealkylation sites (tertiary alicyclic amines) is 1. The van der Waals surface area contributed by atoms with Crippen LogP contribution in [0.1, 0.15) is 72.3 Å². The Morgan fingerprint density at radius 2 is 1.44 bits per heavy atom. The number of hydrogen-bond donors (Lipinski definition) is 1. The number of rotatable bonds is 11. The molecule has 1 fully saturated rings. The zero-order chi connectivity index (χ0) is 32.6. The van der Waals surface area contributed by atoms with Gasteiger partial charge in [-0.15, -0.1) is 0 Å². The Morgan fingerprint density at radius 3 is 2.07 bits per heavy atom. The second-order valence-electron chi connectivity index (χ2n) is 15.7. The van der Waals surface area contributed by atoms with Gasteiger partial charge >= 0.3 is 0 Å². The van der Waals surface area contributed by atoms with Gasteiger partial charge in [-0.25, -0.2) is 0 Å². The number of amides is 2. The van der Waals surface area contributed by atoms with Gasteiger partial charge in [-0.05, 0) is 117 Å². The molecule has 2 amide bonds. The number of hydrogen-bond acceptors (Lipinski definition) is 4. The summed E-state index contributed by atoms with van der Waals surface area (Å²) in [6.07, 6.45) is 3.99. The van der Waals surface area contributed by atoms with Crippen molar-refractivity contribution in [1.82, 2.24) is 20.0 Å². The number of nitrogens with one attached hydrogen (secondary N) is 1. The highest BCUT2D eigenvalue weighted by atomic mass is 16.2. The van der Waals surface area contributed by atoms with Gasteiger partial charge in [0.1, 0.15) is 5.54 Å². The number of aryl methyl sites for hydroxylation is 1. The van der Waals surface area contributed by atoms with Gasteiger partial charge in [0.25, 0.3) is 0 Å². The molecule has 4 aromatic rings. The predicted molar refractivity (Wildman–Crippen MR) is 189 cm³/mol. The molecular weight excluding hydrogens is 556 g/mol. The normalized spacial score (nSPS) is 16.2. The van der Waals surface area contributed by atoms with Crippen molar-refractivity contribution in [1.29, 1.82) is 0 Å². The largest absolute Gasteiger partial charge is 0.349 e. The minimum atomic E-state index is -0.853. The van der Waals surface area contributed by atoms with E-state index in [0.717, 1.165) is 32.5 Å². The Balaban J connectivity index is 1.46. The van der Waals surface area contributed by atoms with Gasteiger partial charge in [-0.2, -0.15) is 0 Å². The number of carbonyl (C=O) groups excluding carboxylic acids is 2. The molecule has 242 valence electrons. The zero-order valence-corrected chi connectivity index (χ0v) is 28.9. The summed E-state index contributed by atoms with van der Waals surface area (Å²) in [6.45, 7) is 13.9. The number of carbonyl (C=O) groups is 2. The van der Waals surface area contributed by atoms with Gasteiger partial charge in [-0.3, -0.25) is 9.59 Å². The van der Waals surface area contributed by atoms with Crippen LogP contribution in [0.2, 0.25) is 0 Å². The smallest absolute Gasteiger partial charge is 0.246 e. The van der Waals surface area contributed by atoms with E-state index in [2.05, 4.69) is 125 Å². The molecule has 0 unspecified atom stereocenters. The fourth-order valence-corrected chi connectivity index (χ4v) is 7.91. The highest BCUT2D eigenvalue weighted by Crippen LogP contribution is 2.37. The third-order valence-corrected chi connectivity index (χ3v) is 9.69. The highest BCUT2D eigenvalue weighted by Gasteiger charge is 2.48. The lowest BCUT2D eigenvalue weighted by Crippen LogP contribution is -2.67. The predicted octanol–water partition coefficient (Wildman–Crippen LogP) is 7.09. The van der Waals surface area contributed by atoms with Gasteiger partial charge in [0.05, 0.1) is 0 Å². The van der Waals surface area contributed by atoms with Crippen LogP contribution in [0.15, 0.2) is 54.6 Å². The Morgan fingerprint density at radius 1 is 0.844 bits per heavy atom. The molecule has 0 aliphatic carbocycles. The van der Waals surface area contributed by atoms with E-state index in [1.807, 2.05) is 4.90 Å². The molecule has 0 radical (unpaired) electrons. The summed E-state index contributed by atoms with van der Waals surface area (Å²) in [5, 5.41) is 11.0. The zero-order valence-electron chi connectivity index (χ0n) is 28.9. The molecular formula is C39H54N4O2. The summed E-state index contributed by atoms with van der Waals surface area (Å²) in [7, 11) is 6.23. The molecule has 45 heavy (non-hydrogen) atoms. The Hall–Kier alpha value is -3.22. The third-order valence-electron chi connectivity index (χ3n) is 9.69. The first-order valence-corrected chi connectivity index (χ1v) is 16.8. The molecule has 6 nitrogen and oxygen atoms in total. The van der Waals surface area contributed by atoms with Gasteiger partial charge in [-0.1, -0.05) is 75.4 Å². The number of piperidine rings is 1. The van der Waals surface area contributed by atoms with E-state index in [-0.39, 0.29) is 22.8 Å². The lowest BCUT2D eigenvalue weighted by atomic mass is 9.79. The average molecular weight is 611 g/mol. The van der Waals surface area contributed by atoms with Gasteiger partial charge in [0.2, 0.25) is 11.8 Å². The molecule has 1 aliphatic rings. The van der Waals surface area contributed by atoms with Crippen molar-refractivity contribution in [3.8, 4) is 0 Å². The van der Waals surface area contributed by atoms with Gasteiger partial charge in [0.15, 0.2) is 0 Å². The Kier molecular flexibility index (Phi) is 9.49. The average Bonchev–Trinajstić information content (AvgIpc) is 2.96. The van der Waals surface area contributed by atoms with Crippen molar-refractivity contribution in [2.24, 2.45) is 5.41 Å². The molecule has 1 N–H and O–H groups in total. The van der Waals surface area contributed by atoms with Crippen molar-refractivity contribution in [3.05, 3.63) is 60.2 Å². The maximum absolute atomic E-state index is 14.5. The van der Waals surface area contributed by atoms with Crippen LogP contribution >= 0.6 is 0 Å². The number of benzene rings is 4. The van der Waals surface area contributed by atoms with Crippen molar-refractivity contribution < 1.29 is 9.59 Å². The van der Waals surface area contributed by atoms with E-state index in [9.17, 15) is 9.59 Å². The maximum Gasteiger partial charge on any atom is 0.246 e. The molecule has 0 aromatic heterocycles. The van der Waals surface area contributed by atoms with Crippen molar-refractivity contribution in [2.75, 3.05) is 47.3 Å². The molecule has 1 heterocycles. The minimum absolute atomic E-state index is 0.00536. The van der Waals surface area contributed by atoms with Crippen LogP contribution in [-0.2, 0) is 16.0 Å². The van der Waals surface area contributed by atoms with E-state index in [1.54, 1.807) is 0 Å². The molecule has 4 aromatic carbocycles. The van der Waals surface area contributed by atoms with Crippen molar-refractivity contribution in [3.63, 3.8) is 0 Å². The summed E-state index contributed by atoms with van der Waals surface area (Å²) >= 11 is 0. The molecule has 0 bridgehead atoms. The van der Waals surface area contributed by atoms with Crippen LogP contribution in [-0.4, -0.2) is 84.9 Å². The lowest BCUT2D eigenvalue weighted by Gasteiger charge is -2.48. The molecule has 5 rings (SSSR count). The monoisotopic (exact) mass is 610 g/mol. The topological polar surface area (TPSA) is 55.9 Å². The van der Waals surface area contributed by atoms with Crippen LogP contribution in [0.25, 0.3) is 32.3 Å². The third kappa shape index (κ3) is 7.28. The molecule has 1 saturated heterocycles. The van der Waals surface area contributed by atoms with Crippen LogP contribution < -0.4 is 5.32 Å². The van der Waals surface area contributed by atoms with Crippen molar-refractivity contribution in [2.45, 2.75) is 84.2 Å². The highest BCUT2D eigenvalue weighted by molar-refractivity contribution is 6.23. The summed E-state index contributed by atoms with van der Waals surface area (Å²) in [5.41, 5.74) is 0.0218.